The summed E-state index contributed by atoms with van der Waals surface area (Å²) in [4.78, 5) is 14.6. The topological polar surface area (TPSA) is 89.5 Å². The van der Waals surface area contributed by atoms with Crippen LogP contribution in [0.5, 0.6) is 0 Å². The van der Waals surface area contributed by atoms with Crippen LogP contribution < -0.4 is 0 Å². The zero-order valence-electron chi connectivity index (χ0n) is 30.4. The van der Waals surface area contributed by atoms with E-state index >= 15 is 4.57 Å². The van der Waals surface area contributed by atoms with E-state index in [-0.39, 0.29) is 45.2 Å². The minimum absolute atomic E-state index is 0.167. The molecule has 8 nitrogen and oxygen atoms in total. The molecule has 0 aromatic carbocycles. The molecule has 0 aliphatic rings. The van der Waals surface area contributed by atoms with Crippen molar-refractivity contribution < 1.29 is 37.4 Å². The van der Waals surface area contributed by atoms with Crippen LogP contribution in [0.1, 0.15) is 164 Å². The van der Waals surface area contributed by atoms with E-state index in [2.05, 4.69) is 48.1 Å². The first kappa shape index (κ1) is 44.4. The molecule has 0 fully saturated rings. The highest BCUT2D eigenvalue weighted by Crippen LogP contribution is 2.67. The van der Waals surface area contributed by atoms with Crippen LogP contribution >= 0.6 is 7.60 Å². The van der Waals surface area contributed by atoms with E-state index in [1.807, 2.05) is 0 Å². The Kier molecular flexibility index (Phi) is 27.0. The molecule has 0 spiro atoms. The number of carbonyl (C=O) groups is 1. The zero-order valence-corrected chi connectivity index (χ0v) is 31.3. The molecule has 0 unspecified atom stereocenters. The highest BCUT2D eigenvalue weighted by molar-refractivity contribution is 7.55. The summed E-state index contributed by atoms with van der Waals surface area (Å²) < 4.78 is 54.8. The third kappa shape index (κ3) is 15.4. The lowest BCUT2D eigenvalue weighted by Crippen LogP contribution is -2.66. The van der Waals surface area contributed by atoms with Crippen LogP contribution in [0.4, 0.5) is 0 Å². The van der Waals surface area contributed by atoms with Crippen molar-refractivity contribution in [2.75, 3.05) is 39.6 Å². The third-order valence-electron chi connectivity index (χ3n) is 7.68. The van der Waals surface area contributed by atoms with Crippen molar-refractivity contribution in [3.8, 4) is 0 Å². The summed E-state index contributed by atoms with van der Waals surface area (Å²) in [6.07, 6.45) is 15.2. The van der Waals surface area contributed by atoms with Gasteiger partial charge < -0.3 is 28.0 Å². The standard InChI is InChI=1S/C36H71O8P/c1-9-15-21-27-39-35(34(37)33(7)8,40-28-22-16-10-2)36(41-29-23-17-11-3,42-30-24-18-12-4)45(38,43-31-25-19-13-5)44-32-26-20-14-6/h7,9-32H2,1-6,8H3. The highest BCUT2D eigenvalue weighted by Gasteiger charge is 2.73. The van der Waals surface area contributed by atoms with Gasteiger partial charge in [-0.25, -0.2) is 0 Å². The van der Waals surface area contributed by atoms with Gasteiger partial charge in [0.15, 0.2) is 0 Å². The Balaban J connectivity index is 7.55. The molecule has 0 saturated carbocycles. The van der Waals surface area contributed by atoms with Gasteiger partial charge in [0.05, 0.1) is 39.6 Å². The van der Waals surface area contributed by atoms with Crippen LogP contribution in [0.15, 0.2) is 12.2 Å². The van der Waals surface area contributed by atoms with E-state index in [9.17, 15) is 4.79 Å². The average Bonchev–Trinajstić information content (AvgIpc) is 3.03. The Hall–Kier alpha value is -0.600. The van der Waals surface area contributed by atoms with Gasteiger partial charge in [0, 0.05) is 0 Å². The molecule has 0 radical (unpaired) electrons. The van der Waals surface area contributed by atoms with Crippen LogP contribution in [0.2, 0.25) is 0 Å². The molecule has 45 heavy (non-hydrogen) atoms. The smallest absolute Gasteiger partial charge is 0.339 e. The van der Waals surface area contributed by atoms with Gasteiger partial charge in [0.1, 0.15) is 0 Å². The Labute approximate surface area is 277 Å². The van der Waals surface area contributed by atoms with Gasteiger partial charge in [0.2, 0.25) is 5.78 Å². The molecule has 268 valence electrons. The first-order valence-electron chi connectivity index (χ1n) is 18.4. The third-order valence-corrected chi connectivity index (χ3v) is 10.00. The monoisotopic (exact) mass is 662 g/mol. The second-order valence-electron chi connectivity index (χ2n) is 12.1. The van der Waals surface area contributed by atoms with Gasteiger partial charge in [-0.15, -0.1) is 0 Å². The summed E-state index contributed by atoms with van der Waals surface area (Å²) in [6, 6.07) is 0. The van der Waals surface area contributed by atoms with Gasteiger partial charge >= 0.3 is 18.9 Å². The largest absolute Gasteiger partial charge is 0.396 e. The molecular weight excluding hydrogens is 591 g/mol. The van der Waals surface area contributed by atoms with Crippen molar-refractivity contribution >= 4 is 13.4 Å². The van der Waals surface area contributed by atoms with Crippen LogP contribution in [-0.2, 0) is 37.4 Å². The Morgan fingerprint density at radius 2 is 0.800 bits per heavy atom. The summed E-state index contributed by atoms with van der Waals surface area (Å²) in [6.45, 7) is 19.3. The van der Waals surface area contributed by atoms with Gasteiger partial charge in [-0.1, -0.05) is 125 Å². The average molecular weight is 663 g/mol. The number of Topliss-reactive ketones (excluding diaryl/α,β-unsaturated/α-hetero) is 1. The first-order chi connectivity index (χ1) is 21.7. The SMILES string of the molecule is C=C(C)C(=O)C(OCCCCC)(OCCCCC)C(OCCCCC)(OCCCCC)P(=O)(OCCCCC)OCCCCC. The highest BCUT2D eigenvalue weighted by atomic mass is 31.2. The van der Waals surface area contributed by atoms with E-state index in [0.717, 1.165) is 77.0 Å². The minimum atomic E-state index is -4.42. The van der Waals surface area contributed by atoms with Crippen molar-refractivity contribution in [3.05, 3.63) is 12.2 Å². The maximum atomic E-state index is 15.6. The van der Waals surface area contributed by atoms with Crippen molar-refractivity contribution in [3.63, 3.8) is 0 Å². The number of unbranched alkanes of at least 4 members (excludes halogenated alkanes) is 12. The lowest BCUT2D eigenvalue weighted by Gasteiger charge is -2.49. The molecule has 9 heteroatoms. The number of ketones is 1. The van der Waals surface area contributed by atoms with Crippen molar-refractivity contribution in [2.24, 2.45) is 0 Å². The van der Waals surface area contributed by atoms with E-state index in [4.69, 9.17) is 28.0 Å². The second-order valence-corrected chi connectivity index (χ2v) is 14.2. The molecule has 0 aliphatic heterocycles. The predicted octanol–water partition coefficient (Wildman–Crippen LogP) is 10.9. The number of carbonyl (C=O) groups excluding carboxylic acids is 1. The maximum Gasteiger partial charge on any atom is 0.396 e. The summed E-state index contributed by atoms with van der Waals surface area (Å²) in [5, 5.41) is 0. The van der Waals surface area contributed by atoms with Crippen molar-refractivity contribution in [2.45, 2.75) is 175 Å². The summed E-state index contributed by atoms with van der Waals surface area (Å²) >= 11 is 0. The lowest BCUT2D eigenvalue weighted by atomic mass is 10.0. The molecular formula is C36H71O8P. The maximum absolute atomic E-state index is 15.6. The zero-order chi connectivity index (χ0) is 33.9. The molecule has 0 saturated heterocycles. The molecule has 0 aliphatic carbocycles. The molecule has 0 heterocycles. The Bertz CT molecular complexity index is 747. The van der Waals surface area contributed by atoms with Gasteiger partial charge in [0.25, 0.3) is 0 Å². The van der Waals surface area contributed by atoms with Gasteiger partial charge in [-0.3, -0.25) is 9.36 Å². The fourth-order valence-corrected chi connectivity index (χ4v) is 7.13. The first-order valence-corrected chi connectivity index (χ1v) is 19.9. The number of hydrogen-bond donors (Lipinski definition) is 0. The normalized spacial score (nSPS) is 12.6. The fraction of sp³-hybridized carbons (Fsp3) is 0.917. The predicted molar refractivity (Wildman–Crippen MR) is 186 cm³/mol. The van der Waals surface area contributed by atoms with Crippen LogP contribution in [0.25, 0.3) is 0 Å². The van der Waals surface area contributed by atoms with Crippen LogP contribution in [0, 0.1) is 0 Å². The van der Waals surface area contributed by atoms with Gasteiger partial charge in [-0.2, -0.15) is 0 Å². The lowest BCUT2D eigenvalue weighted by molar-refractivity contribution is -0.361. The van der Waals surface area contributed by atoms with E-state index in [1.165, 1.54) is 0 Å². The van der Waals surface area contributed by atoms with E-state index in [0.29, 0.717) is 38.5 Å². The van der Waals surface area contributed by atoms with Crippen LogP contribution in [0.3, 0.4) is 0 Å². The van der Waals surface area contributed by atoms with Gasteiger partial charge in [-0.05, 0) is 51.0 Å². The molecule has 0 atom stereocenters. The Morgan fingerprint density at radius 1 is 0.511 bits per heavy atom. The molecule has 0 N–H and O–H groups in total. The summed E-state index contributed by atoms with van der Waals surface area (Å²) in [5.74, 6) is -2.79. The Morgan fingerprint density at radius 3 is 1.09 bits per heavy atom. The van der Waals surface area contributed by atoms with E-state index < -0.39 is 24.7 Å². The number of rotatable bonds is 34. The molecule has 0 aromatic heterocycles. The number of hydrogen-bond acceptors (Lipinski definition) is 8. The fourth-order valence-electron chi connectivity index (χ4n) is 4.89. The van der Waals surface area contributed by atoms with E-state index in [1.54, 1.807) is 6.92 Å². The number of ether oxygens (including phenoxy) is 4. The van der Waals surface area contributed by atoms with Crippen molar-refractivity contribution in [1.82, 2.24) is 0 Å². The quantitative estimate of drug-likeness (QED) is 0.0291. The second kappa shape index (κ2) is 27.4. The van der Waals surface area contributed by atoms with Crippen LogP contribution in [-0.4, -0.2) is 56.7 Å². The molecule has 0 aromatic rings. The summed E-state index contributed by atoms with van der Waals surface area (Å²) in [5.41, 5.74) is -2.09. The molecule has 0 rings (SSSR count). The minimum Gasteiger partial charge on any atom is -0.339 e. The summed E-state index contributed by atoms with van der Waals surface area (Å²) in [7, 11) is -4.42. The van der Waals surface area contributed by atoms with Crippen molar-refractivity contribution in [1.29, 1.82) is 0 Å². The molecule has 0 bridgehead atoms. The molecule has 0 amide bonds.